The van der Waals surface area contributed by atoms with Gasteiger partial charge in [0, 0.05) is 11.1 Å². The number of carbonyl (C=O) groups excluding carboxylic acids is 1. The first-order valence-corrected chi connectivity index (χ1v) is 13.1. The van der Waals surface area contributed by atoms with E-state index in [1.165, 1.54) is 17.5 Å². The van der Waals surface area contributed by atoms with Gasteiger partial charge in [-0.2, -0.15) is 0 Å². The van der Waals surface area contributed by atoms with Crippen LogP contribution in [-0.4, -0.2) is 43.2 Å². The molecule has 0 aliphatic heterocycles. The summed E-state index contributed by atoms with van der Waals surface area (Å²) in [5, 5.41) is 3.11. The predicted molar refractivity (Wildman–Crippen MR) is 145 cm³/mol. The van der Waals surface area contributed by atoms with Crippen molar-refractivity contribution in [3.8, 4) is 5.75 Å². The highest BCUT2D eigenvalue weighted by molar-refractivity contribution is 5.94. The van der Waals surface area contributed by atoms with E-state index < -0.39 is 0 Å². The lowest BCUT2D eigenvalue weighted by atomic mass is 10.1. The molecule has 3 aromatic rings. The van der Waals surface area contributed by atoms with Crippen molar-refractivity contribution in [3.63, 3.8) is 0 Å². The summed E-state index contributed by atoms with van der Waals surface area (Å²) in [6.45, 7) is 9.82. The van der Waals surface area contributed by atoms with Crippen LogP contribution in [0.15, 0.2) is 84.9 Å². The Morgan fingerprint density at radius 3 is 2.03 bits per heavy atom. The number of nitrogens with one attached hydrogen (secondary N) is 1. The molecule has 0 saturated heterocycles. The second-order valence-electron chi connectivity index (χ2n) is 9.27. The molecule has 4 heteroatoms. The normalized spacial score (nSPS) is 11.3. The Kier molecular flexibility index (Phi) is 10.8. The standard InChI is InChI=1S/C31H40N2O2/c1-3-33(4-2,26-28-17-10-6-11-18-28)24-23-32-31(34)29-19-21-30(22-20-29)35-25-13-7-12-16-27-14-8-5-9-15-27/h5-6,8-11,14-15,17-22H,3-4,7,12-13,16,23-26H2,1-2H3/p+1. The van der Waals surface area contributed by atoms with E-state index in [9.17, 15) is 4.79 Å². The van der Waals surface area contributed by atoms with Gasteiger partial charge in [0.15, 0.2) is 0 Å². The fraction of sp³-hybridized carbons (Fsp3) is 0.387. The van der Waals surface area contributed by atoms with Crippen LogP contribution in [0, 0.1) is 0 Å². The molecule has 0 aliphatic rings. The highest BCUT2D eigenvalue weighted by atomic mass is 16.5. The van der Waals surface area contributed by atoms with E-state index >= 15 is 0 Å². The summed E-state index contributed by atoms with van der Waals surface area (Å²) in [4.78, 5) is 12.7. The first-order valence-electron chi connectivity index (χ1n) is 13.1. The molecule has 1 N–H and O–H groups in total. The monoisotopic (exact) mass is 473 g/mol. The van der Waals surface area contributed by atoms with Crippen LogP contribution >= 0.6 is 0 Å². The van der Waals surface area contributed by atoms with E-state index in [0.29, 0.717) is 18.7 Å². The molecule has 4 nitrogen and oxygen atoms in total. The van der Waals surface area contributed by atoms with Crippen molar-refractivity contribution in [2.45, 2.75) is 46.1 Å². The highest BCUT2D eigenvalue weighted by Crippen LogP contribution is 2.15. The maximum Gasteiger partial charge on any atom is 0.251 e. The van der Waals surface area contributed by atoms with Gasteiger partial charge in [-0.1, -0.05) is 60.7 Å². The maximum atomic E-state index is 12.7. The number of hydrogen-bond acceptors (Lipinski definition) is 2. The smallest absolute Gasteiger partial charge is 0.251 e. The number of unbranched alkanes of at least 4 members (excludes halogenated alkanes) is 2. The zero-order chi connectivity index (χ0) is 24.8. The third kappa shape index (κ3) is 8.88. The molecule has 0 unspecified atom stereocenters. The first-order chi connectivity index (χ1) is 17.1. The van der Waals surface area contributed by atoms with E-state index in [-0.39, 0.29) is 5.91 Å². The second-order valence-corrected chi connectivity index (χ2v) is 9.27. The van der Waals surface area contributed by atoms with Crippen molar-refractivity contribution < 1.29 is 14.0 Å². The zero-order valence-electron chi connectivity index (χ0n) is 21.4. The minimum Gasteiger partial charge on any atom is -0.494 e. The fourth-order valence-corrected chi connectivity index (χ4v) is 4.47. The number of amides is 1. The highest BCUT2D eigenvalue weighted by Gasteiger charge is 2.23. The number of carbonyl (C=O) groups is 1. The Labute approximate surface area is 211 Å². The number of benzene rings is 3. The van der Waals surface area contributed by atoms with E-state index in [0.717, 1.165) is 55.7 Å². The Bertz CT molecular complexity index is 984. The van der Waals surface area contributed by atoms with Gasteiger partial charge in [0.2, 0.25) is 0 Å². The van der Waals surface area contributed by atoms with Crippen LogP contribution in [0.1, 0.15) is 54.6 Å². The molecular formula is C31H41N2O2+. The van der Waals surface area contributed by atoms with Crippen molar-refractivity contribution >= 4 is 5.91 Å². The third-order valence-electron chi connectivity index (χ3n) is 6.91. The van der Waals surface area contributed by atoms with E-state index in [1.54, 1.807) is 0 Å². The van der Waals surface area contributed by atoms with Gasteiger partial charge in [-0.05, 0) is 69.4 Å². The molecule has 0 atom stereocenters. The molecule has 0 bridgehead atoms. The topological polar surface area (TPSA) is 38.3 Å². The van der Waals surface area contributed by atoms with Gasteiger partial charge in [0.1, 0.15) is 12.3 Å². The summed E-state index contributed by atoms with van der Waals surface area (Å²) >= 11 is 0. The molecule has 0 saturated carbocycles. The van der Waals surface area contributed by atoms with Gasteiger partial charge in [0.25, 0.3) is 5.91 Å². The van der Waals surface area contributed by atoms with Gasteiger partial charge in [-0.15, -0.1) is 0 Å². The molecule has 0 spiro atoms. The van der Waals surface area contributed by atoms with Crippen LogP contribution in [0.2, 0.25) is 0 Å². The van der Waals surface area contributed by atoms with E-state index in [2.05, 4.69) is 79.8 Å². The molecule has 0 heterocycles. The van der Waals surface area contributed by atoms with Gasteiger partial charge < -0.3 is 14.5 Å². The first kappa shape index (κ1) is 26.5. The van der Waals surface area contributed by atoms with Gasteiger partial charge in [0.05, 0.1) is 32.8 Å². The number of ether oxygens (including phenoxy) is 1. The Morgan fingerprint density at radius 1 is 0.771 bits per heavy atom. The Hall–Kier alpha value is -3.11. The second kappa shape index (κ2) is 14.3. The summed E-state index contributed by atoms with van der Waals surface area (Å²) in [6.07, 6.45) is 4.48. The lowest BCUT2D eigenvalue weighted by Gasteiger charge is -2.37. The summed E-state index contributed by atoms with van der Waals surface area (Å²) in [7, 11) is 0. The quantitative estimate of drug-likeness (QED) is 0.209. The van der Waals surface area contributed by atoms with Crippen LogP contribution in [0.3, 0.4) is 0 Å². The van der Waals surface area contributed by atoms with E-state index in [1.807, 2.05) is 24.3 Å². The Balaban J connectivity index is 1.36. The number of likely N-dealkylation sites (N-methyl/N-ethyl adjacent to an activating group) is 1. The largest absolute Gasteiger partial charge is 0.494 e. The summed E-state index contributed by atoms with van der Waals surface area (Å²) in [5.74, 6) is 0.794. The van der Waals surface area contributed by atoms with Crippen molar-refractivity contribution in [2.24, 2.45) is 0 Å². The van der Waals surface area contributed by atoms with Crippen LogP contribution in [0.5, 0.6) is 5.75 Å². The summed E-state index contributed by atoms with van der Waals surface area (Å²) in [6, 6.07) is 28.7. The van der Waals surface area contributed by atoms with Gasteiger partial charge >= 0.3 is 0 Å². The minimum absolute atomic E-state index is 0.0255. The zero-order valence-corrected chi connectivity index (χ0v) is 21.4. The van der Waals surface area contributed by atoms with Gasteiger partial charge in [-0.3, -0.25) is 4.79 Å². The maximum absolute atomic E-state index is 12.7. The molecule has 0 aliphatic carbocycles. The van der Waals surface area contributed by atoms with Crippen molar-refractivity contribution in [1.29, 1.82) is 0 Å². The van der Waals surface area contributed by atoms with Crippen molar-refractivity contribution in [2.75, 3.05) is 32.8 Å². The minimum atomic E-state index is -0.0255. The third-order valence-corrected chi connectivity index (χ3v) is 6.91. The average molecular weight is 474 g/mol. The summed E-state index contributed by atoms with van der Waals surface area (Å²) < 4.78 is 6.83. The molecule has 3 rings (SSSR count). The lowest BCUT2D eigenvalue weighted by molar-refractivity contribution is -0.936. The molecule has 0 aromatic heterocycles. The SMILES string of the molecule is CC[N+](CC)(CCNC(=O)c1ccc(OCCCCCc2ccccc2)cc1)Cc1ccccc1. The molecule has 3 aromatic carbocycles. The van der Waals surface area contributed by atoms with Crippen molar-refractivity contribution in [1.82, 2.24) is 5.32 Å². The number of quaternary nitrogens is 1. The number of rotatable bonds is 15. The van der Waals surface area contributed by atoms with E-state index in [4.69, 9.17) is 4.74 Å². The molecule has 35 heavy (non-hydrogen) atoms. The average Bonchev–Trinajstić information content (AvgIpc) is 2.91. The Morgan fingerprint density at radius 2 is 1.40 bits per heavy atom. The fourth-order valence-electron chi connectivity index (χ4n) is 4.47. The van der Waals surface area contributed by atoms with Crippen molar-refractivity contribution in [3.05, 3.63) is 102 Å². The van der Waals surface area contributed by atoms with Crippen LogP contribution in [0.4, 0.5) is 0 Å². The molecule has 186 valence electrons. The van der Waals surface area contributed by atoms with Crippen LogP contribution < -0.4 is 10.1 Å². The van der Waals surface area contributed by atoms with Gasteiger partial charge in [-0.25, -0.2) is 0 Å². The van der Waals surface area contributed by atoms with Crippen LogP contribution in [0.25, 0.3) is 0 Å². The molecule has 0 fully saturated rings. The molecule has 0 radical (unpaired) electrons. The molecule has 1 amide bonds. The summed E-state index contributed by atoms with van der Waals surface area (Å²) in [5.41, 5.74) is 3.41. The number of hydrogen-bond donors (Lipinski definition) is 1. The number of aryl methyl sites for hydroxylation is 1. The lowest BCUT2D eigenvalue weighted by Crippen LogP contribution is -2.51. The predicted octanol–water partition coefficient (Wildman–Crippen LogP) is 6.27. The number of nitrogens with zero attached hydrogens (tertiary/aromatic N) is 1. The van der Waals surface area contributed by atoms with Crippen LogP contribution in [-0.2, 0) is 13.0 Å². The molecular weight excluding hydrogens is 432 g/mol.